The third-order valence-electron chi connectivity index (χ3n) is 7.21. The number of fused-ring (bicyclic) bond motifs is 1. The zero-order valence-corrected chi connectivity index (χ0v) is 24.7. The number of methoxy groups -OCH3 is 2. The number of amides is 1. The first-order valence-electron chi connectivity index (χ1n) is 13.5. The van der Waals surface area contributed by atoms with Crippen molar-refractivity contribution < 1.29 is 38.1 Å². The molecule has 222 valence electrons. The van der Waals surface area contributed by atoms with Gasteiger partial charge in [-0.1, -0.05) is 65.9 Å². The van der Waals surface area contributed by atoms with E-state index in [2.05, 4.69) is 4.98 Å². The van der Waals surface area contributed by atoms with E-state index < -0.39 is 29.5 Å². The number of aliphatic hydroxyl groups excluding tert-OH is 1. The average molecular weight is 611 g/mol. The molecule has 0 fully saturated rings. The van der Waals surface area contributed by atoms with E-state index in [0.29, 0.717) is 40.3 Å². The van der Waals surface area contributed by atoms with Gasteiger partial charge in [0.15, 0.2) is 28.0 Å². The van der Waals surface area contributed by atoms with Gasteiger partial charge in [0.1, 0.15) is 17.2 Å². The van der Waals surface area contributed by atoms with Gasteiger partial charge in [0.25, 0.3) is 5.91 Å². The lowest BCUT2D eigenvalue weighted by Crippen LogP contribution is -2.31. The summed E-state index contributed by atoms with van der Waals surface area (Å²) in [5.41, 5.74) is 2.00. The number of nitrogens with zero attached hydrogens (tertiary/aromatic N) is 2. The molecular formula is C33H26N2O8S. The van der Waals surface area contributed by atoms with Gasteiger partial charge in [0.05, 0.1) is 31.5 Å². The van der Waals surface area contributed by atoms with Crippen molar-refractivity contribution in [3.63, 3.8) is 0 Å². The number of carbonyl (C=O) groups excluding carboxylic acids is 3. The molecule has 6 rings (SSSR count). The molecule has 10 nitrogen and oxygen atoms in total. The molecule has 3 heterocycles. The Morgan fingerprint density at radius 2 is 1.77 bits per heavy atom. The van der Waals surface area contributed by atoms with E-state index in [4.69, 9.17) is 18.6 Å². The summed E-state index contributed by atoms with van der Waals surface area (Å²) >= 11 is 0.927. The van der Waals surface area contributed by atoms with Crippen molar-refractivity contribution in [3.8, 4) is 11.5 Å². The first-order chi connectivity index (χ1) is 21.3. The highest BCUT2D eigenvalue weighted by Gasteiger charge is 2.47. The minimum atomic E-state index is -1.09. The Hall–Kier alpha value is -5.42. The highest BCUT2D eigenvalue weighted by atomic mass is 32.1. The van der Waals surface area contributed by atoms with Gasteiger partial charge < -0.3 is 23.7 Å². The predicted molar refractivity (Wildman–Crippen MR) is 162 cm³/mol. The Bertz CT molecular complexity index is 1920. The topological polar surface area (TPSA) is 128 Å². The fraction of sp³-hybridized carbons (Fsp3) is 0.152. The molecule has 1 unspecified atom stereocenters. The number of furan rings is 1. The highest BCUT2D eigenvalue weighted by molar-refractivity contribution is 7.17. The highest BCUT2D eigenvalue weighted by Crippen LogP contribution is 2.44. The van der Waals surface area contributed by atoms with Gasteiger partial charge in [-0.15, -0.1) is 0 Å². The van der Waals surface area contributed by atoms with Gasteiger partial charge in [-0.25, -0.2) is 9.78 Å². The van der Waals surface area contributed by atoms with Gasteiger partial charge in [0, 0.05) is 5.39 Å². The summed E-state index contributed by atoms with van der Waals surface area (Å²) in [6.45, 7) is 1.96. The van der Waals surface area contributed by atoms with Crippen LogP contribution in [0.2, 0.25) is 0 Å². The lowest BCUT2D eigenvalue weighted by atomic mass is 9.95. The number of aryl methyl sites for hydroxylation is 1. The van der Waals surface area contributed by atoms with Crippen LogP contribution in [0, 0.1) is 6.92 Å². The van der Waals surface area contributed by atoms with Crippen molar-refractivity contribution in [1.82, 2.24) is 4.98 Å². The van der Waals surface area contributed by atoms with Crippen molar-refractivity contribution in [3.05, 3.63) is 118 Å². The SMILES string of the molecule is COC(=O)c1sc(N2C(=O)C(O)=C(C(=O)c3cc4cccc(OC)c4o3)C2c2ccc(OCc3ccccc3)cc2)nc1C. The maximum Gasteiger partial charge on any atom is 0.350 e. The summed E-state index contributed by atoms with van der Waals surface area (Å²) in [7, 11) is 2.74. The van der Waals surface area contributed by atoms with E-state index >= 15 is 0 Å². The van der Waals surface area contributed by atoms with Gasteiger partial charge in [-0.05, 0) is 42.3 Å². The minimum Gasteiger partial charge on any atom is -0.503 e. The summed E-state index contributed by atoms with van der Waals surface area (Å²) in [5, 5.41) is 11.9. The summed E-state index contributed by atoms with van der Waals surface area (Å²) in [5.74, 6) is -1.98. The number of benzene rings is 3. The first kappa shape index (κ1) is 28.7. The quantitative estimate of drug-likeness (QED) is 0.150. The third kappa shape index (κ3) is 5.07. The fourth-order valence-electron chi connectivity index (χ4n) is 5.05. The van der Waals surface area contributed by atoms with E-state index in [1.807, 2.05) is 30.3 Å². The number of aliphatic hydroxyl groups is 1. The number of thiazole rings is 1. The Balaban J connectivity index is 1.41. The molecule has 0 saturated heterocycles. The van der Waals surface area contributed by atoms with E-state index in [0.717, 1.165) is 16.9 Å². The van der Waals surface area contributed by atoms with Crippen LogP contribution in [0.3, 0.4) is 0 Å². The van der Waals surface area contributed by atoms with Crippen LogP contribution in [0.5, 0.6) is 11.5 Å². The number of ketones is 1. The number of hydrogen-bond donors (Lipinski definition) is 1. The number of para-hydroxylation sites is 1. The van der Waals surface area contributed by atoms with Crippen molar-refractivity contribution in [2.24, 2.45) is 0 Å². The van der Waals surface area contributed by atoms with Crippen LogP contribution >= 0.6 is 11.3 Å². The Morgan fingerprint density at radius 3 is 2.48 bits per heavy atom. The fourth-order valence-corrected chi connectivity index (χ4v) is 6.06. The normalized spacial score (nSPS) is 14.8. The Labute approximate surface area is 255 Å². The molecule has 11 heteroatoms. The number of carbonyl (C=O) groups is 3. The molecule has 1 aliphatic rings. The molecule has 0 saturated carbocycles. The second-order valence-electron chi connectivity index (χ2n) is 9.90. The lowest BCUT2D eigenvalue weighted by molar-refractivity contribution is -0.117. The Morgan fingerprint density at radius 1 is 1.02 bits per heavy atom. The van der Waals surface area contributed by atoms with Crippen molar-refractivity contribution in [2.75, 3.05) is 19.1 Å². The van der Waals surface area contributed by atoms with Crippen LogP contribution in [-0.4, -0.2) is 42.0 Å². The third-order valence-corrected chi connectivity index (χ3v) is 8.35. The zero-order valence-electron chi connectivity index (χ0n) is 23.9. The van der Waals surface area contributed by atoms with Crippen molar-refractivity contribution >= 4 is 45.1 Å². The van der Waals surface area contributed by atoms with Crippen LogP contribution in [0.25, 0.3) is 11.0 Å². The molecule has 1 N–H and O–H groups in total. The van der Waals surface area contributed by atoms with E-state index in [9.17, 15) is 19.5 Å². The predicted octanol–water partition coefficient (Wildman–Crippen LogP) is 6.35. The number of hydrogen-bond acceptors (Lipinski definition) is 10. The largest absolute Gasteiger partial charge is 0.503 e. The van der Waals surface area contributed by atoms with E-state index in [-0.39, 0.29) is 21.3 Å². The molecular weight excluding hydrogens is 584 g/mol. The molecule has 1 aliphatic heterocycles. The van der Waals surface area contributed by atoms with Crippen molar-refractivity contribution in [1.29, 1.82) is 0 Å². The number of ether oxygens (including phenoxy) is 3. The molecule has 1 amide bonds. The summed E-state index contributed by atoms with van der Waals surface area (Å²) in [4.78, 5) is 45.9. The molecule has 1 atom stereocenters. The van der Waals surface area contributed by atoms with Crippen LogP contribution in [0.15, 0.2) is 94.6 Å². The molecule has 0 bridgehead atoms. The molecule has 0 spiro atoms. The molecule has 0 radical (unpaired) electrons. The number of Topliss-reactive ketones (excluding diaryl/α,β-unsaturated/α-hetero) is 1. The van der Waals surface area contributed by atoms with Crippen LogP contribution in [0.4, 0.5) is 5.13 Å². The molecule has 2 aromatic heterocycles. The molecule has 0 aliphatic carbocycles. The summed E-state index contributed by atoms with van der Waals surface area (Å²) in [6.07, 6.45) is 0. The van der Waals surface area contributed by atoms with E-state index in [1.165, 1.54) is 25.2 Å². The Kier molecular flexibility index (Phi) is 7.62. The van der Waals surface area contributed by atoms with Crippen LogP contribution in [-0.2, 0) is 16.1 Å². The first-order valence-corrected chi connectivity index (χ1v) is 14.3. The average Bonchev–Trinajstić information content (AvgIpc) is 3.73. The van der Waals surface area contributed by atoms with Gasteiger partial charge >= 0.3 is 5.97 Å². The summed E-state index contributed by atoms with van der Waals surface area (Å²) < 4.78 is 22.0. The number of esters is 1. The number of rotatable bonds is 9. The maximum absolute atomic E-state index is 14.0. The zero-order chi connectivity index (χ0) is 31.0. The summed E-state index contributed by atoms with van der Waals surface area (Å²) in [6, 6.07) is 22.2. The molecule has 3 aromatic carbocycles. The number of aromatic nitrogens is 1. The smallest absolute Gasteiger partial charge is 0.350 e. The lowest BCUT2D eigenvalue weighted by Gasteiger charge is -2.24. The number of anilines is 1. The standard InChI is InChI=1S/C33H26N2O8S/c1-18-30(32(39)41-3)44-33(34-18)35-26(20-12-14-22(15-13-20)42-17-19-8-5-4-6-9-19)25(28(37)31(35)38)27(36)24-16-21-10-7-11-23(40-2)29(21)43-24/h4-16,26,37H,17H2,1-3H3. The van der Waals surface area contributed by atoms with Gasteiger partial charge in [0.2, 0.25) is 5.78 Å². The second-order valence-corrected chi connectivity index (χ2v) is 10.9. The molecule has 5 aromatic rings. The van der Waals surface area contributed by atoms with Gasteiger partial charge in [-0.2, -0.15) is 0 Å². The van der Waals surface area contributed by atoms with E-state index in [1.54, 1.807) is 49.4 Å². The van der Waals surface area contributed by atoms with Crippen molar-refractivity contribution in [2.45, 2.75) is 19.6 Å². The second kappa shape index (κ2) is 11.7. The maximum atomic E-state index is 14.0. The molecule has 44 heavy (non-hydrogen) atoms. The minimum absolute atomic E-state index is 0.0842. The van der Waals surface area contributed by atoms with Crippen LogP contribution < -0.4 is 14.4 Å². The van der Waals surface area contributed by atoms with Gasteiger partial charge in [-0.3, -0.25) is 14.5 Å². The van der Waals surface area contributed by atoms with Crippen LogP contribution in [0.1, 0.15) is 43.1 Å². The monoisotopic (exact) mass is 610 g/mol.